The first-order valence-electron chi connectivity index (χ1n) is 6.15. The molecule has 106 valence electrons. The lowest BCUT2D eigenvalue weighted by molar-refractivity contribution is 0.0169. The van der Waals surface area contributed by atoms with Gasteiger partial charge in [0.15, 0.2) is 5.78 Å². The van der Waals surface area contributed by atoms with Gasteiger partial charge in [0, 0.05) is 6.42 Å². The van der Waals surface area contributed by atoms with Gasteiger partial charge in [-0.15, -0.1) is 0 Å². The minimum atomic E-state index is -2.51. The van der Waals surface area contributed by atoms with Crippen molar-refractivity contribution in [1.82, 2.24) is 0 Å². The Morgan fingerprint density at radius 3 is 2.58 bits per heavy atom. The minimum Gasteiger partial charge on any atom is -0.490 e. The lowest BCUT2D eigenvalue weighted by Gasteiger charge is -2.13. The smallest absolute Gasteiger partial charge is 0.261 e. The number of ketones is 1. The zero-order chi connectivity index (χ0) is 14.3. The fraction of sp³-hybridized carbons (Fsp3) is 0.500. The Bertz CT molecular complexity index is 405. The Morgan fingerprint density at radius 2 is 1.95 bits per heavy atom. The molecule has 0 atom stereocenters. The Morgan fingerprint density at radius 1 is 1.26 bits per heavy atom. The van der Waals surface area contributed by atoms with Crippen molar-refractivity contribution in [2.75, 3.05) is 13.2 Å². The van der Waals surface area contributed by atoms with Crippen LogP contribution in [0.25, 0.3) is 0 Å². The Balaban J connectivity index is 2.56. The molecule has 0 heterocycles. The molecule has 1 aromatic rings. The fourth-order valence-electron chi connectivity index (χ4n) is 1.53. The van der Waals surface area contributed by atoms with E-state index in [1.54, 1.807) is 24.3 Å². The summed E-state index contributed by atoms with van der Waals surface area (Å²) in [6.07, 6.45) is -2.48. The minimum absolute atomic E-state index is 0.0147. The summed E-state index contributed by atoms with van der Waals surface area (Å²) in [5.41, 5.74) is 0.455. The summed E-state index contributed by atoms with van der Waals surface area (Å²) < 4.78 is 33.9. The molecule has 0 N–H and O–H groups in total. The number of Topliss-reactive ketones (excluding diaryl/α,β-unsaturated/α-hetero) is 1. The van der Waals surface area contributed by atoms with Gasteiger partial charge in [0.25, 0.3) is 6.43 Å². The van der Waals surface area contributed by atoms with Gasteiger partial charge in [0.1, 0.15) is 12.4 Å². The van der Waals surface area contributed by atoms with Crippen molar-refractivity contribution < 1.29 is 23.0 Å². The number of hydrogen-bond donors (Lipinski definition) is 0. The first-order chi connectivity index (χ1) is 9.00. The molecule has 1 rings (SSSR count). The van der Waals surface area contributed by atoms with Gasteiger partial charge in [-0.05, 0) is 26.0 Å². The van der Waals surface area contributed by atoms with E-state index < -0.39 is 13.0 Å². The molecule has 0 aliphatic heterocycles. The van der Waals surface area contributed by atoms with Crippen molar-refractivity contribution >= 4 is 5.78 Å². The number of para-hydroxylation sites is 1. The second-order valence-electron chi connectivity index (χ2n) is 4.30. The Hall–Kier alpha value is -1.49. The summed E-state index contributed by atoms with van der Waals surface area (Å²) in [6, 6.07) is 6.89. The largest absolute Gasteiger partial charge is 0.490 e. The summed E-state index contributed by atoms with van der Waals surface area (Å²) in [4.78, 5) is 11.9. The fourth-order valence-corrected chi connectivity index (χ4v) is 1.53. The molecular weight excluding hydrogens is 254 g/mol. The summed E-state index contributed by atoms with van der Waals surface area (Å²) in [5.74, 6) is 0.335. The topological polar surface area (TPSA) is 35.5 Å². The predicted molar refractivity (Wildman–Crippen MR) is 68.0 cm³/mol. The molecule has 3 nitrogen and oxygen atoms in total. The first kappa shape index (κ1) is 15.6. The van der Waals surface area contributed by atoms with Crippen LogP contribution >= 0.6 is 0 Å². The van der Waals surface area contributed by atoms with E-state index >= 15 is 0 Å². The maximum atomic E-state index is 11.9. The number of carbonyl (C=O) groups is 1. The SMILES string of the molecule is CC(C)Oc1ccccc1C(=O)CCOCC(F)F. The van der Waals surface area contributed by atoms with Crippen LogP contribution in [0.5, 0.6) is 5.75 Å². The quantitative estimate of drug-likeness (QED) is 0.538. The van der Waals surface area contributed by atoms with Gasteiger partial charge >= 0.3 is 0 Å². The highest BCUT2D eigenvalue weighted by Gasteiger charge is 2.13. The van der Waals surface area contributed by atoms with E-state index in [2.05, 4.69) is 0 Å². The maximum absolute atomic E-state index is 11.9. The van der Waals surface area contributed by atoms with Crippen LogP contribution in [0.1, 0.15) is 30.6 Å². The van der Waals surface area contributed by atoms with Gasteiger partial charge in [-0.2, -0.15) is 0 Å². The lowest BCUT2D eigenvalue weighted by Crippen LogP contribution is -2.12. The average Bonchev–Trinajstić information content (AvgIpc) is 2.34. The zero-order valence-corrected chi connectivity index (χ0v) is 11.1. The highest BCUT2D eigenvalue weighted by molar-refractivity contribution is 5.98. The number of alkyl halides is 2. The van der Waals surface area contributed by atoms with E-state index in [-0.39, 0.29) is 24.9 Å². The van der Waals surface area contributed by atoms with Gasteiger partial charge in [0.2, 0.25) is 0 Å². The second-order valence-corrected chi connectivity index (χ2v) is 4.30. The van der Waals surface area contributed by atoms with E-state index in [0.717, 1.165) is 0 Å². The second kappa shape index (κ2) is 7.84. The number of carbonyl (C=O) groups excluding carboxylic acids is 1. The van der Waals surface area contributed by atoms with E-state index in [0.29, 0.717) is 11.3 Å². The Labute approximate surface area is 111 Å². The van der Waals surface area contributed by atoms with E-state index in [9.17, 15) is 13.6 Å². The molecular formula is C14H18F2O3. The van der Waals surface area contributed by atoms with Gasteiger partial charge in [0.05, 0.1) is 18.3 Å². The molecule has 0 saturated heterocycles. The molecule has 0 fully saturated rings. The first-order valence-corrected chi connectivity index (χ1v) is 6.15. The number of hydrogen-bond acceptors (Lipinski definition) is 3. The van der Waals surface area contributed by atoms with Crippen LogP contribution in [0.4, 0.5) is 8.78 Å². The predicted octanol–water partition coefficient (Wildman–Crippen LogP) is 3.33. The van der Waals surface area contributed by atoms with E-state index in [1.807, 2.05) is 13.8 Å². The molecule has 0 aliphatic carbocycles. The third-order valence-electron chi connectivity index (χ3n) is 2.27. The van der Waals surface area contributed by atoms with E-state index in [4.69, 9.17) is 9.47 Å². The van der Waals surface area contributed by atoms with Crippen molar-refractivity contribution in [2.24, 2.45) is 0 Å². The standard InChI is InChI=1S/C14H18F2O3/c1-10(2)19-13-6-4-3-5-11(13)12(17)7-8-18-9-14(15)16/h3-6,10,14H,7-9H2,1-2H3. The molecule has 0 aromatic heterocycles. The van der Waals surface area contributed by atoms with Gasteiger partial charge in [-0.3, -0.25) is 4.79 Å². The van der Waals surface area contributed by atoms with Crippen LogP contribution in [0.2, 0.25) is 0 Å². The molecule has 19 heavy (non-hydrogen) atoms. The highest BCUT2D eigenvalue weighted by atomic mass is 19.3. The molecule has 0 spiro atoms. The number of halogens is 2. The summed E-state index contributed by atoms with van der Waals surface area (Å²) in [7, 11) is 0. The Kier molecular flexibility index (Phi) is 6.42. The van der Waals surface area contributed by atoms with Crippen LogP contribution in [-0.2, 0) is 4.74 Å². The third-order valence-corrected chi connectivity index (χ3v) is 2.27. The number of ether oxygens (including phenoxy) is 2. The van der Waals surface area contributed by atoms with Crippen molar-refractivity contribution in [1.29, 1.82) is 0 Å². The summed E-state index contributed by atoms with van der Waals surface area (Å²) in [6.45, 7) is 3.08. The maximum Gasteiger partial charge on any atom is 0.261 e. The zero-order valence-electron chi connectivity index (χ0n) is 11.1. The van der Waals surface area contributed by atoms with Crippen molar-refractivity contribution in [3.05, 3.63) is 29.8 Å². The summed E-state index contributed by atoms with van der Waals surface area (Å²) in [5, 5.41) is 0. The van der Waals surface area contributed by atoms with Crippen LogP contribution < -0.4 is 4.74 Å². The molecule has 0 bridgehead atoms. The molecule has 5 heteroatoms. The summed E-state index contributed by atoms with van der Waals surface area (Å²) >= 11 is 0. The molecule has 0 saturated carbocycles. The van der Waals surface area contributed by atoms with Crippen molar-refractivity contribution in [2.45, 2.75) is 32.8 Å². The normalized spacial score (nSPS) is 11.1. The molecule has 0 aliphatic rings. The van der Waals surface area contributed by atoms with Gasteiger partial charge in [-0.1, -0.05) is 12.1 Å². The van der Waals surface area contributed by atoms with Crippen LogP contribution in [0.3, 0.4) is 0 Å². The number of rotatable bonds is 8. The average molecular weight is 272 g/mol. The van der Waals surface area contributed by atoms with E-state index in [1.165, 1.54) is 0 Å². The molecule has 0 amide bonds. The molecule has 1 aromatic carbocycles. The van der Waals surface area contributed by atoms with Gasteiger partial charge < -0.3 is 9.47 Å². The lowest BCUT2D eigenvalue weighted by atomic mass is 10.1. The van der Waals surface area contributed by atoms with Gasteiger partial charge in [-0.25, -0.2) is 8.78 Å². The van der Waals surface area contributed by atoms with Crippen LogP contribution in [0.15, 0.2) is 24.3 Å². The van der Waals surface area contributed by atoms with Crippen molar-refractivity contribution in [3.8, 4) is 5.75 Å². The monoisotopic (exact) mass is 272 g/mol. The van der Waals surface area contributed by atoms with Crippen LogP contribution in [-0.4, -0.2) is 31.5 Å². The molecule has 0 radical (unpaired) electrons. The highest BCUT2D eigenvalue weighted by Crippen LogP contribution is 2.20. The number of benzene rings is 1. The van der Waals surface area contributed by atoms with Crippen molar-refractivity contribution in [3.63, 3.8) is 0 Å². The van der Waals surface area contributed by atoms with Crippen LogP contribution in [0, 0.1) is 0 Å². The third kappa shape index (κ3) is 5.79. The molecule has 0 unspecified atom stereocenters.